The van der Waals surface area contributed by atoms with Gasteiger partial charge in [0.25, 0.3) is 0 Å². The van der Waals surface area contributed by atoms with Crippen molar-refractivity contribution in [3.63, 3.8) is 0 Å². The summed E-state index contributed by atoms with van der Waals surface area (Å²) in [5, 5.41) is 7.44. The van der Waals surface area contributed by atoms with Crippen molar-refractivity contribution in [2.75, 3.05) is 13.1 Å². The monoisotopic (exact) mass is 398 g/mol. The van der Waals surface area contributed by atoms with Gasteiger partial charge in [0.1, 0.15) is 11.4 Å². The maximum atomic E-state index is 12.5. The molecular weight excluding hydrogens is 368 g/mol. The van der Waals surface area contributed by atoms with Crippen LogP contribution in [-0.4, -0.2) is 35.5 Å². The quantitative estimate of drug-likeness (QED) is 0.802. The van der Waals surface area contributed by atoms with Crippen LogP contribution < -0.4 is 10.1 Å². The van der Waals surface area contributed by atoms with E-state index in [1.54, 1.807) is 11.3 Å². The minimum Gasteiger partial charge on any atom is -0.487 e. The van der Waals surface area contributed by atoms with Gasteiger partial charge >= 0.3 is 0 Å². The van der Waals surface area contributed by atoms with Gasteiger partial charge in [0.2, 0.25) is 5.91 Å². The highest BCUT2D eigenvalue weighted by Crippen LogP contribution is 2.46. The van der Waals surface area contributed by atoms with Crippen molar-refractivity contribution in [2.45, 2.75) is 63.6 Å². The standard InChI is InChI=1S/C23H30N2O2S/c1-17(2)24-22(26)13-19-14-23(27-21-6-4-3-5-20(19)21)8-10-25(11-9-23)15-18-7-12-28-16-18/h3-7,12,16-17,19H,8-11,13-15H2,1-2H3,(H,24,26)/t19-/m0/s1. The number of ether oxygens (including phenoxy) is 1. The summed E-state index contributed by atoms with van der Waals surface area (Å²) in [6.45, 7) is 7.14. The minimum absolute atomic E-state index is 0.137. The van der Waals surface area contributed by atoms with Crippen LogP contribution >= 0.6 is 11.3 Å². The smallest absolute Gasteiger partial charge is 0.220 e. The van der Waals surface area contributed by atoms with Gasteiger partial charge in [-0.25, -0.2) is 0 Å². The second-order valence-electron chi connectivity index (χ2n) is 8.56. The third-order valence-corrected chi connectivity index (χ3v) is 6.67. The second-order valence-corrected chi connectivity index (χ2v) is 9.34. The van der Waals surface area contributed by atoms with Crippen LogP contribution in [0.3, 0.4) is 0 Å². The molecule has 1 N–H and O–H groups in total. The minimum atomic E-state index is -0.137. The van der Waals surface area contributed by atoms with Gasteiger partial charge in [-0.15, -0.1) is 0 Å². The zero-order valence-electron chi connectivity index (χ0n) is 16.8. The molecule has 150 valence electrons. The Balaban J connectivity index is 1.46. The van der Waals surface area contributed by atoms with Crippen LogP contribution in [0, 0.1) is 0 Å². The molecule has 0 saturated carbocycles. The number of piperidine rings is 1. The number of nitrogens with one attached hydrogen (secondary N) is 1. The van der Waals surface area contributed by atoms with Gasteiger partial charge in [-0.1, -0.05) is 18.2 Å². The van der Waals surface area contributed by atoms with Gasteiger partial charge in [-0.3, -0.25) is 9.69 Å². The van der Waals surface area contributed by atoms with Crippen molar-refractivity contribution in [1.82, 2.24) is 10.2 Å². The first kappa shape index (κ1) is 19.5. The van der Waals surface area contributed by atoms with Crippen LogP contribution in [0.15, 0.2) is 41.1 Å². The molecule has 5 heteroatoms. The number of benzene rings is 1. The molecule has 0 unspecified atom stereocenters. The molecule has 0 aliphatic carbocycles. The van der Waals surface area contributed by atoms with Gasteiger partial charge in [0.05, 0.1) is 0 Å². The number of para-hydroxylation sites is 1. The van der Waals surface area contributed by atoms with E-state index in [0.29, 0.717) is 6.42 Å². The largest absolute Gasteiger partial charge is 0.487 e. The summed E-state index contributed by atoms with van der Waals surface area (Å²) in [6.07, 6.45) is 3.52. The van der Waals surface area contributed by atoms with Crippen molar-refractivity contribution in [2.24, 2.45) is 0 Å². The molecular formula is C23H30N2O2S. The van der Waals surface area contributed by atoms with Crippen LogP contribution in [0.25, 0.3) is 0 Å². The average molecular weight is 399 g/mol. The fourth-order valence-corrected chi connectivity index (χ4v) is 5.26. The Kier molecular flexibility index (Phi) is 5.74. The molecule has 1 atom stereocenters. The summed E-state index contributed by atoms with van der Waals surface area (Å²) >= 11 is 1.76. The maximum Gasteiger partial charge on any atom is 0.220 e. The number of rotatable bonds is 5. The van der Waals surface area contributed by atoms with E-state index < -0.39 is 0 Å². The lowest BCUT2D eigenvalue weighted by Gasteiger charge is -2.47. The topological polar surface area (TPSA) is 41.6 Å². The molecule has 28 heavy (non-hydrogen) atoms. The zero-order valence-corrected chi connectivity index (χ0v) is 17.6. The van der Waals surface area contributed by atoms with E-state index in [1.807, 2.05) is 19.9 Å². The first-order valence-corrected chi connectivity index (χ1v) is 11.3. The molecule has 3 heterocycles. The highest BCUT2D eigenvalue weighted by atomic mass is 32.1. The number of carbonyl (C=O) groups is 1. The highest BCUT2D eigenvalue weighted by molar-refractivity contribution is 7.07. The van der Waals surface area contributed by atoms with E-state index in [9.17, 15) is 4.79 Å². The molecule has 2 aromatic rings. The lowest BCUT2D eigenvalue weighted by Crippen LogP contribution is -2.50. The van der Waals surface area contributed by atoms with Crippen LogP contribution in [0.2, 0.25) is 0 Å². The maximum absolute atomic E-state index is 12.5. The van der Waals surface area contributed by atoms with Crippen LogP contribution in [0.4, 0.5) is 0 Å². The van der Waals surface area contributed by atoms with Gasteiger partial charge in [0, 0.05) is 38.0 Å². The summed E-state index contributed by atoms with van der Waals surface area (Å²) in [5.74, 6) is 1.34. The van der Waals surface area contributed by atoms with E-state index in [2.05, 4.69) is 45.2 Å². The Hall–Kier alpha value is -1.85. The van der Waals surface area contributed by atoms with E-state index in [4.69, 9.17) is 4.74 Å². The zero-order chi connectivity index (χ0) is 19.6. The lowest BCUT2D eigenvalue weighted by atomic mass is 9.76. The van der Waals surface area contributed by atoms with Crippen LogP contribution in [0.5, 0.6) is 5.75 Å². The van der Waals surface area contributed by atoms with Crippen LogP contribution in [0.1, 0.15) is 56.6 Å². The van der Waals surface area contributed by atoms with Gasteiger partial charge in [0.15, 0.2) is 0 Å². The van der Waals surface area contributed by atoms with Crippen molar-refractivity contribution in [3.05, 3.63) is 52.2 Å². The van der Waals surface area contributed by atoms with Gasteiger partial charge in [-0.2, -0.15) is 11.3 Å². The molecule has 1 amide bonds. The van der Waals surface area contributed by atoms with Crippen molar-refractivity contribution < 1.29 is 9.53 Å². The number of likely N-dealkylation sites (tertiary alicyclic amines) is 1. The molecule has 0 bridgehead atoms. The Morgan fingerprint density at radius 1 is 1.29 bits per heavy atom. The molecule has 1 aromatic heterocycles. The number of fused-ring (bicyclic) bond motifs is 1. The summed E-state index contributed by atoms with van der Waals surface area (Å²) in [4.78, 5) is 15.0. The Labute approximate surface area is 171 Å². The summed E-state index contributed by atoms with van der Waals surface area (Å²) in [7, 11) is 0. The number of hydrogen-bond donors (Lipinski definition) is 1. The van der Waals surface area contributed by atoms with Gasteiger partial charge < -0.3 is 10.1 Å². The van der Waals surface area contributed by atoms with E-state index in [0.717, 1.165) is 44.6 Å². The molecule has 0 radical (unpaired) electrons. The molecule has 4 rings (SSSR count). The first-order valence-electron chi connectivity index (χ1n) is 10.3. The third kappa shape index (κ3) is 4.41. The number of hydrogen-bond acceptors (Lipinski definition) is 4. The normalized spacial score (nSPS) is 21.3. The van der Waals surface area contributed by atoms with Crippen molar-refractivity contribution in [1.29, 1.82) is 0 Å². The predicted molar refractivity (Wildman–Crippen MR) is 114 cm³/mol. The number of nitrogens with zero attached hydrogens (tertiary/aromatic N) is 1. The molecule has 2 aliphatic rings. The third-order valence-electron chi connectivity index (χ3n) is 5.94. The fraction of sp³-hybridized carbons (Fsp3) is 0.522. The average Bonchev–Trinajstić information content (AvgIpc) is 3.16. The van der Waals surface area contributed by atoms with Crippen LogP contribution in [-0.2, 0) is 11.3 Å². The Morgan fingerprint density at radius 3 is 2.79 bits per heavy atom. The number of carbonyl (C=O) groups excluding carboxylic acids is 1. The fourth-order valence-electron chi connectivity index (χ4n) is 4.60. The number of thiophene rings is 1. The Morgan fingerprint density at radius 2 is 2.07 bits per heavy atom. The van der Waals surface area contributed by atoms with Gasteiger partial charge in [-0.05, 0) is 67.1 Å². The molecule has 1 spiro atoms. The second kappa shape index (κ2) is 8.26. The van der Waals surface area contributed by atoms with E-state index >= 15 is 0 Å². The van der Waals surface area contributed by atoms with E-state index in [1.165, 1.54) is 11.1 Å². The molecule has 1 fully saturated rings. The first-order chi connectivity index (χ1) is 13.5. The lowest BCUT2D eigenvalue weighted by molar-refractivity contribution is -0.122. The highest BCUT2D eigenvalue weighted by Gasteiger charge is 2.43. The number of amides is 1. The van der Waals surface area contributed by atoms with E-state index in [-0.39, 0.29) is 23.5 Å². The van der Waals surface area contributed by atoms with Crippen molar-refractivity contribution >= 4 is 17.2 Å². The molecule has 1 aromatic carbocycles. The molecule has 2 aliphatic heterocycles. The van der Waals surface area contributed by atoms with Crippen molar-refractivity contribution in [3.8, 4) is 5.75 Å². The molecule has 1 saturated heterocycles. The summed E-state index contributed by atoms with van der Waals surface area (Å²) < 4.78 is 6.58. The molecule has 4 nitrogen and oxygen atoms in total. The summed E-state index contributed by atoms with van der Waals surface area (Å²) in [5.41, 5.74) is 2.45. The summed E-state index contributed by atoms with van der Waals surface area (Å²) in [6, 6.07) is 10.7. The Bertz CT molecular complexity index is 795. The predicted octanol–water partition coefficient (Wildman–Crippen LogP) is 4.56. The SMILES string of the molecule is CC(C)NC(=O)C[C@H]1CC2(CCN(Cc3ccsc3)CC2)Oc2ccccc21.